The van der Waals surface area contributed by atoms with Crippen LogP contribution >= 0.6 is 50.5 Å². The van der Waals surface area contributed by atoms with Crippen molar-refractivity contribution in [1.29, 1.82) is 0 Å². The monoisotopic (exact) mass is 367 g/mol. The molecular formula is C12H9BrCl2FNS. The molecule has 0 aliphatic rings. The van der Waals surface area contributed by atoms with E-state index in [1.807, 2.05) is 0 Å². The molecule has 0 fully saturated rings. The SMILES string of the molecule is NC(Cc1ccc(F)c(Br)c1)c1cc(Cl)sc1Cl. The number of hydrogen-bond acceptors (Lipinski definition) is 2. The summed E-state index contributed by atoms with van der Waals surface area (Å²) in [6.07, 6.45) is 0.575. The van der Waals surface area contributed by atoms with Crippen molar-refractivity contribution in [3.8, 4) is 0 Å². The Bertz CT molecular complexity index is 573. The molecule has 1 atom stereocenters. The van der Waals surface area contributed by atoms with Gasteiger partial charge in [-0.15, -0.1) is 11.3 Å². The van der Waals surface area contributed by atoms with Crippen molar-refractivity contribution in [1.82, 2.24) is 0 Å². The Labute approximate surface area is 127 Å². The van der Waals surface area contributed by atoms with Gasteiger partial charge in [0, 0.05) is 11.6 Å². The van der Waals surface area contributed by atoms with E-state index in [9.17, 15) is 4.39 Å². The lowest BCUT2D eigenvalue weighted by Crippen LogP contribution is -2.13. The molecule has 6 heteroatoms. The Kier molecular flexibility index (Phi) is 4.67. The molecule has 2 N–H and O–H groups in total. The van der Waals surface area contributed by atoms with Gasteiger partial charge in [-0.1, -0.05) is 29.3 Å². The highest BCUT2D eigenvalue weighted by atomic mass is 79.9. The zero-order valence-corrected chi connectivity index (χ0v) is 13.0. The van der Waals surface area contributed by atoms with Crippen molar-refractivity contribution < 1.29 is 4.39 Å². The van der Waals surface area contributed by atoms with E-state index in [0.717, 1.165) is 11.1 Å². The highest BCUT2D eigenvalue weighted by Gasteiger charge is 2.15. The van der Waals surface area contributed by atoms with Gasteiger partial charge in [0.1, 0.15) is 5.82 Å². The largest absolute Gasteiger partial charge is 0.324 e. The molecule has 18 heavy (non-hydrogen) atoms. The molecule has 0 amide bonds. The van der Waals surface area contributed by atoms with Crippen LogP contribution in [0.1, 0.15) is 17.2 Å². The standard InChI is InChI=1S/C12H9BrCl2FNS/c13-8-3-6(1-2-9(8)16)4-10(17)7-5-11(14)18-12(7)15/h1-3,5,10H,4,17H2. The van der Waals surface area contributed by atoms with E-state index < -0.39 is 0 Å². The minimum Gasteiger partial charge on any atom is -0.324 e. The van der Waals surface area contributed by atoms with Crippen LogP contribution < -0.4 is 5.73 Å². The molecule has 0 spiro atoms. The average molecular weight is 369 g/mol. The van der Waals surface area contributed by atoms with Crippen LogP contribution in [-0.4, -0.2) is 0 Å². The van der Waals surface area contributed by atoms with Crippen LogP contribution in [0.3, 0.4) is 0 Å². The van der Waals surface area contributed by atoms with Crippen molar-refractivity contribution >= 4 is 50.5 Å². The van der Waals surface area contributed by atoms with Crippen molar-refractivity contribution in [2.45, 2.75) is 12.5 Å². The fraction of sp³-hybridized carbons (Fsp3) is 0.167. The lowest BCUT2D eigenvalue weighted by Gasteiger charge is -2.11. The summed E-state index contributed by atoms with van der Waals surface area (Å²) in [5.41, 5.74) is 7.85. The first-order chi connectivity index (χ1) is 8.47. The van der Waals surface area contributed by atoms with Gasteiger partial charge in [-0.25, -0.2) is 4.39 Å². The number of hydrogen-bond donors (Lipinski definition) is 1. The fourth-order valence-corrected chi connectivity index (χ4v) is 3.66. The van der Waals surface area contributed by atoms with Crippen molar-refractivity contribution in [3.63, 3.8) is 0 Å². The Morgan fingerprint density at radius 2 is 2.06 bits per heavy atom. The lowest BCUT2D eigenvalue weighted by molar-refractivity contribution is 0.619. The molecule has 0 aliphatic heterocycles. The second-order valence-corrected chi connectivity index (χ2v) is 6.98. The first-order valence-corrected chi connectivity index (χ1v) is 7.48. The van der Waals surface area contributed by atoms with Crippen LogP contribution in [0.5, 0.6) is 0 Å². The van der Waals surface area contributed by atoms with Gasteiger partial charge in [-0.3, -0.25) is 0 Å². The molecule has 96 valence electrons. The van der Waals surface area contributed by atoms with Gasteiger partial charge in [0.05, 0.1) is 13.1 Å². The number of halogens is 4. The maximum absolute atomic E-state index is 13.1. The lowest BCUT2D eigenvalue weighted by atomic mass is 10.0. The van der Waals surface area contributed by atoms with E-state index in [4.69, 9.17) is 28.9 Å². The van der Waals surface area contributed by atoms with E-state index in [2.05, 4.69) is 15.9 Å². The van der Waals surface area contributed by atoms with E-state index in [0.29, 0.717) is 19.6 Å². The van der Waals surface area contributed by atoms with E-state index >= 15 is 0 Å². The minimum atomic E-state index is -0.288. The molecule has 2 aromatic rings. The molecule has 0 saturated carbocycles. The van der Waals surface area contributed by atoms with Gasteiger partial charge in [0.2, 0.25) is 0 Å². The molecule has 0 aliphatic carbocycles. The maximum atomic E-state index is 13.1. The second-order valence-electron chi connectivity index (χ2n) is 3.84. The summed E-state index contributed by atoms with van der Waals surface area (Å²) in [5.74, 6) is -0.288. The van der Waals surface area contributed by atoms with Crippen LogP contribution in [0.25, 0.3) is 0 Å². The van der Waals surface area contributed by atoms with Crippen molar-refractivity contribution in [2.24, 2.45) is 5.73 Å². The molecule has 0 bridgehead atoms. The average Bonchev–Trinajstić information content (AvgIpc) is 2.63. The third kappa shape index (κ3) is 3.25. The van der Waals surface area contributed by atoms with Crippen molar-refractivity contribution in [2.75, 3.05) is 0 Å². The normalized spacial score (nSPS) is 12.7. The number of benzene rings is 1. The fourth-order valence-electron chi connectivity index (χ4n) is 1.64. The van der Waals surface area contributed by atoms with Crippen LogP contribution in [0, 0.1) is 5.82 Å². The zero-order chi connectivity index (χ0) is 13.3. The minimum absolute atomic E-state index is 0.251. The van der Waals surface area contributed by atoms with Crippen molar-refractivity contribution in [3.05, 3.63) is 54.4 Å². The highest BCUT2D eigenvalue weighted by Crippen LogP contribution is 2.35. The summed E-state index contributed by atoms with van der Waals surface area (Å²) in [6.45, 7) is 0. The topological polar surface area (TPSA) is 26.0 Å². The molecule has 0 radical (unpaired) electrons. The Morgan fingerprint density at radius 1 is 1.33 bits per heavy atom. The summed E-state index contributed by atoms with van der Waals surface area (Å²) in [7, 11) is 0. The number of thiophene rings is 1. The van der Waals surface area contributed by atoms with E-state index in [-0.39, 0.29) is 11.9 Å². The Hall–Kier alpha value is -0.130. The maximum Gasteiger partial charge on any atom is 0.137 e. The molecule has 1 aromatic carbocycles. The summed E-state index contributed by atoms with van der Waals surface area (Å²) < 4.78 is 14.8. The molecule has 1 heterocycles. The quantitative estimate of drug-likeness (QED) is 0.791. The third-order valence-electron chi connectivity index (χ3n) is 2.52. The summed E-state index contributed by atoms with van der Waals surface area (Å²) in [5, 5.41) is 0. The predicted octanol–water partition coefficient (Wildman–Crippen LogP) is 5.20. The van der Waals surface area contributed by atoms with Crippen LogP contribution in [0.2, 0.25) is 8.67 Å². The first-order valence-electron chi connectivity index (χ1n) is 5.11. The van der Waals surface area contributed by atoms with E-state index in [1.165, 1.54) is 17.4 Å². The Balaban J connectivity index is 2.18. The highest BCUT2D eigenvalue weighted by molar-refractivity contribution is 9.10. The van der Waals surface area contributed by atoms with Gasteiger partial charge < -0.3 is 5.73 Å². The van der Waals surface area contributed by atoms with Gasteiger partial charge >= 0.3 is 0 Å². The van der Waals surface area contributed by atoms with Crippen LogP contribution in [-0.2, 0) is 6.42 Å². The number of rotatable bonds is 3. The second kappa shape index (κ2) is 5.88. The van der Waals surface area contributed by atoms with E-state index in [1.54, 1.807) is 18.2 Å². The summed E-state index contributed by atoms with van der Waals surface area (Å²) in [4.78, 5) is 0. The molecule has 0 saturated heterocycles. The van der Waals surface area contributed by atoms with Gasteiger partial charge in [-0.05, 0) is 46.1 Å². The summed E-state index contributed by atoms with van der Waals surface area (Å²) in [6, 6.07) is 6.36. The summed E-state index contributed by atoms with van der Waals surface area (Å²) >= 11 is 16.4. The van der Waals surface area contributed by atoms with Gasteiger partial charge in [-0.2, -0.15) is 0 Å². The molecule has 2 rings (SSSR count). The smallest absolute Gasteiger partial charge is 0.137 e. The van der Waals surface area contributed by atoms with Crippen LogP contribution in [0.15, 0.2) is 28.7 Å². The van der Waals surface area contributed by atoms with Gasteiger partial charge in [0.25, 0.3) is 0 Å². The first kappa shape index (κ1) is 14.3. The number of nitrogens with two attached hydrogens (primary N) is 1. The molecular weight excluding hydrogens is 360 g/mol. The van der Waals surface area contributed by atoms with Gasteiger partial charge in [0.15, 0.2) is 0 Å². The zero-order valence-electron chi connectivity index (χ0n) is 9.09. The molecule has 1 unspecified atom stereocenters. The third-order valence-corrected chi connectivity index (χ3v) is 4.65. The molecule has 1 nitrogen and oxygen atoms in total. The molecule has 1 aromatic heterocycles. The Morgan fingerprint density at radius 3 is 2.61 bits per heavy atom. The van der Waals surface area contributed by atoms with Crippen LogP contribution in [0.4, 0.5) is 4.39 Å². The predicted molar refractivity (Wildman–Crippen MR) is 79.1 cm³/mol.